The molecule has 1 aliphatic rings. The third-order valence-corrected chi connectivity index (χ3v) is 3.82. The minimum atomic E-state index is -0.406. The molecule has 0 radical (unpaired) electrons. The van der Waals surface area contributed by atoms with E-state index in [1.165, 1.54) is 0 Å². The number of benzene rings is 1. The summed E-state index contributed by atoms with van der Waals surface area (Å²) in [6.07, 6.45) is 3.13. The number of amides is 2. The summed E-state index contributed by atoms with van der Waals surface area (Å²) >= 11 is 0. The summed E-state index contributed by atoms with van der Waals surface area (Å²) in [5.74, 6) is -0.0670. The fourth-order valence-electron chi connectivity index (χ4n) is 2.57. The van der Waals surface area contributed by atoms with Gasteiger partial charge in [-0.3, -0.25) is 9.69 Å². The lowest BCUT2D eigenvalue weighted by atomic mass is 10.2. The Morgan fingerprint density at radius 2 is 2.09 bits per heavy atom. The number of hydrogen-bond donors (Lipinski definition) is 1. The molecule has 1 aromatic carbocycles. The first-order valence-corrected chi connectivity index (χ1v) is 7.97. The van der Waals surface area contributed by atoms with Crippen LogP contribution in [-0.2, 0) is 16.1 Å². The fraction of sp³-hybridized carbons (Fsp3) is 0.529. The average molecular weight is 304 g/mol. The first kappa shape index (κ1) is 16.3. The highest BCUT2D eigenvalue weighted by atomic mass is 16.6. The van der Waals surface area contributed by atoms with E-state index in [0.717, 1.165) is 24.8 Å². The van der Waals surface area contributed by atoms with E-state index in [1.807, 2.05) is 30.3 Å². The Labute approximate surface area is 131 Å². The van der Waals surface area contributed by atoms with Crippen LogP contribution in [-0.4, -0.2) is 36.0 Å². The van der Waals surface area contributed by atoms with E-state index in [0.29, 0.717) is 19.5 Å². The predicted octanol–water partition coefficient (Wildman–Crippen LogP) is 2.70. The quantitative estimate of drug-likeness (QED) is 0.822. The van der Waals surface area contributed by atoms with Crippen molar-refractivity contribution < 1.29 is 14.3 Å². The van der Waals surface area contributed by atoms with Gasteiger partial charge in [-0.25, -0.2) is 4.79 Å². The first-order chi connectivity index (χ1) is 10.7. The van der Waals surface area contributed by atoms with E-state index in [-0.39, 0.29) is 18.6 Å². The fourth-order valence-corrected chi connectivity index (χ4v) is 2.57. The molecule has 1 heterocycles. The van der Waals surface area contributed by atoms with Gasteiger partial charge in [0.1, 0.15) is 12.6 Å². The van der Waals surface area contributed by atoms with Gasteiger partial charge >= 0.3 is 6.09 Å². The number of carbonyl (C=O) groups is 2. The van der Waals surface area contributed by atoms with Gasteiger partial charge in [0.05, 0.1) is 0 Å². The Bertz CT molecular complexity index is 490. The van der Waals surface area contributed by atoms with Crippen molar-refractivity contribution in [1.29, 1.82) is 0 Å². The molecule has 1 unspecified atom stereocenters. The van der Waals surface area contributed by atoms with Gasteiger partial charge in [-0.15, -0.1) is 0 Å². The maximum Gasteiger partial charge on any atom is 0.410 e. The summed E-state index contributed by atoms with van der Waals surface area (Å²) in [4.78, 5) is 25.9. The van der Waals surface area contributed by atoms with E-state index in [9.17, 15) is 9.59 Å². The lowest BCUT2D eigenvalue weighted by Gasteiger charge is -2.23. The molecule has 0 saturated carbocycles. The summed E-state index contributed by atoms with van der Waals surface area (Å²) in [7, 11) is 0. The number of carbonyl (C=O) groups excluding carboxylic acids is 2. The molecule has 1 aromatic rings. The van der Waals surface area contributed by atoms with Gasteiger partial charge < -0.3 is 10.1 Å². The average Bonchev–Trinajstić information content (AvgIpc) is 3.03. The molecule has 0 spiro atoms. The number of hydrogen-bond acceptors (Lipinski definition) is 3. The molecule has 1 fully saturated rings. The van der Waals surface area contributed by atoms with Crippen LogP contribution in [0.15, 0.2) is 30.3 Å². The number of nitrogens with zero attached hydrogens (tertiary/aromatic N) is 1. The van der Waals surface area contributed by atoms with Crippen LogP contribution in [0.2, 0.25) is 0 Å². The van der Waals surface area contributed by atoms with Crippen molar-refractivity contribution in [2.45, 2.75) is 45.3 Å². The molecule has 1 saturated heterocycles. The Morgan fingerprint density at radius 1 is 1.32 bits per heavy atom. The molecular formula is C17H24N2O3. The second kappa shape index (κ2) is 8.41. The van der Waals surface area contributed by atoms with Crippen molar-refractivity contribution in [3.8, 4) is 0 Å². The Morgan fingerprint density at radius 3 is 2.82 bits per heavy atom. The Kier molecular flexibility index (Phi) is 6.25. The smallest absolute Gasteiger partial charge is 0.410 e. The lowest BCUT2D eigenvalue weighted by Crippen LogP contribution is -2.46. The van der Waals surface area contributed by atoms with Gasteiger partial charge in [0.25, 0.3) is 0 Å². The van der Waals surface area contributed by atoms with Crippen LogP contribution in [0.1, 0.15) is 38.2 Å². The van der Waals surface area contributed by atoms with Crippen molar-refractivity contribution in [3.63, 3.8) is 0 Å². The molecular weight excluding hydrogens is 280 g/mol. The molecule has 1 atom stereocenters. The van der Waals surface area contributed by atoms with Crippen molar-refractivity contribution in [1.82, 2.24) is 10.2 Å². The maximum atomic E-state index is 12.2. The third kappa shape index (κ3) is 4.48. The highest BCUT2D eigenvalue weighted by Crippen LogP contribution is 2.19. The highest BCUT2D eigenvalue weighted by Gasteiger charge is 2.34. The molecule has 1 aliphatic heterocycles. The minimum Gasteiger partial charge on any atom is -0.445 e. The lowest BCUT2D eigenvalue weighted by molar-refractivity contribution is -0.125. The molecule has 22 heavy (non-hydrogen) atoms. The van der Waals surface area contributed by atoms with E-state index < -0.39 is 6.09 Å². The zero-order valence-electron chi connectivity index (χ0n) is 13.1. The summed E-state index contributed by atoms with van der Waals surface area (Å²) in [6, 6.07) is 9.16. The van der Waals surface area contributed by atoms with Gasteiger partial charge in [-0.2, -0.15) is 0 Å². The zero-order chi connectivity index (χ0) is 15.8. The van der Waals surface area contributed by atoms with Crippen LogP contribution in [0, 0.1) is 0 Å². The summed E-state index contributed by atoms with van der Waals surface area (Å²) in [6.45, 7) is 3.56. The number of nitrogens with one attached hydrogen (secondary N) is 1. The van der Waals surface area contributed by atoms with Crippen LogP contribution >= 0.6 is 0 Å². The summed E-state index contributed by atoms with van der Waals surface area (Å²) in [5.41, 5.74) is 0.944. The molecule has 120 valence electrons. The molecule has 5 nitrogen and oxygen atoms in total. The number of rotatable bonds is 6. The standard InChI is InChI=1S/C17H24N2O3/c1-2-3-11-18-16(20)15-10-7-12-19(15)17(21)22-13-14-8-5-4-6-9-14/h4-6,8-9,15H,2-3,7,10-13H2,1H3,(H,18,20). The van der Waals surface area contributed by atoms with Crippen molar-refractivity contribution in [2.24, 2.45) is 0 Å². The maximum absolute atomic E-state index is 12.2. The van der Waals surface area contributed by atoms with Crippen LogP contribution in [0.3, 0.4) is 0 Å². The SMILES string of the molecule is CCCCNC(=O)C1CCCN1C(=O)OCc1ccccc1. The van der Waals surface area contributed by atoms with Gasteiger partial charge in [0.2, 0.25) is 5.91 Å². The second-order valence-corrected chi connectivity index (χ2v) is 5.54. The van der Waals surface area contributed by atoms with Crippen molar-refractivity contribution in [3.05, 3.63) is 35.9 Å². The molecule has 5 heteroatoms. The van der Waals surface area contributed by atoms with Gasteiger partial charge in [0.15, 0.2) is 0 Å². The van der Waals surface area contributed by atoms with Gasteiger partial charge in [-0.1, -0.05) is 43.7 Å². The third-order valence-electron chi connectivity index (χ3n) is 3.82. The predicted molar refractivity (Wildman–Crippen MR) is 84.3 cm³/mol. The molecule has 2 amide bonds. The minimum absolute atomic E-state index is 0.0670. The zero-order valence-corrected chi connectivity index (χ0v) is 13.1. The highest BCUT2D eigenvalue weighted by molar-refractivity contribution is 5.86. The number of ether oxygens (including phenoxy) is 1. The normalized spacial score (nSPS) is 17.3. The largest absolute Gasteiger partial charge is 0.445 e. The number of unbranched alkanes of at least 4 members (excludes halogenated alkanes) is 1. The van der Waals surface area contributed by atoms with Crippen molar-refractivity contribution >= 4 is 12.0 Å². The Hall–Kier alpha value is -2.04. The van der Waals surface area contributed by atoms with Crippen LogP contribution in [0.25, 0.3) is 0 Å². The van der Waals surface area contributed by atoms with Gasteiger partial charge in [-0.05, 0) is 24.8 Å². The van der Waals surface area contributed by atoms with Crippen LogP contribution in [0.4, 0.5) is 4.79 Å². The molecule has 0 bridgehead atoms. The van der Waals surface area contributed by atoms with E-state index >= 15 is 0 Å². The molecule has 2 rings (SSSR count). The summed E-state index contributed by atoms with van der Waals surface area (Å²) < 4.78 is 5.33. The van der Waals surface area contributed by atoms with E-state index in [4.69, 9.17) is 4.74 Å². The van der Waals surface area contributed by atoms with Gasteiger partial charge in [0, 0.05) is 13.1 Å². The number of likely N-dealkylation sites (tertiary alicyclic amines) is 1. The molecule has 0 aromatic heterocycles. The Balaban J connectivity index is 1.84. The van der Waals surface area contributed by atoms with Crippen LogP contribution < -0.4 is 5.32 Å². The van der Waals surface area contributed by atoms with Crippen molar-refractivity contribution in [2.75, 3.05) is 13.1 Å². The van der Waals surface area contributed by atoms with E-state index in [2.05, 4.69) is 12.2 Å². The second-order valence-electron chi connectivity index (χ2n) is 5.54. The monoisotopic (exact) mass is 304 g/mol. The molecule has 0 aliphatic carbocycles. The molecule has 1 N–H and O–H groups in total. The summed E-state index contributed by atoms with van der Waals surface area (Å²) in [5, 5.41) is 2.90. The first-order valence-electron chi connectivity index (χ1n) is 7.97. The van der Waals surface area contributed by atoms with E-state index in [1.54, 1.807) is 4.90 Å². The topological polar surface area (TPSA) is 58.6 Å². The van der Waals surface area contributed by atoms with Crippen LogP contribution in [0.5, 0.6) is 0 Å².